The Bertz CT molecular complexity index is 980. The third-order valence-electron chi connectivity index (χ3n) is 3.47. The quantitative estimate of drug-likeness (QED) is 0.533. The number of benzene rings is 1. The Labute approximate surface area is 173 Å². The monoisotopic (exact) mass is 442 g/mol. The smallest absolute Gasteiger partial charge is 0.236 e. The Hall–Kier alpha value is -2.24. The van der Waals surface area contributed by atoms with E-state index in [9.17, 15) is 9.18 Å². The molecule has 1 aromatic carbocycles. The van der Waals surface area contributed by atoms with Gasteiger partial charge in [0.25, 0.3) is 0 Å². The van der Waals surface area contributed by atoms with Gasteiger partial charge in [0.1, 0.15) is 23.2 Å². The van der Waals surface area contributed by atoms with Gasteiger partial charge in [-0.25, -0.2) is 4.39 Å². The van der Waals surface area contributed by atoms with Crippen LogP contribution in [0.2, 0.25) is 5.02 Å². The molecule has 0 saturated carbocycles. The van der Waals surface area contributed by atoms with Gasteiger partial charge in [-0.3, -0.25) is 10.1 Å². The fraction of sp³-hybridized carbons (Fsp3) is 0.312. The Morgan fingerprint density at radius 1 is 1.36 bits per heavy atom. The molecule has 0 aliphatic carbocycles. The first-order valence-corrected chi connectivity index (χ1v) is 10.4. The van der Waals surface area contributed by atoms with Crippen LogP contribution in [0.4, 0.5) is 9.52 Å². The number of carbonyl (C=O) groups excluding carboxylic acids is 1. The molecule has 8 nitrogen and oxygen atoms in total. The lowest BCUT2D eigenvalue weighted by atomic mass is 10.3. The Morgan fingerprint density at radius 3 is 2.86 bits per heavy atom. The minimum absolute atomic E-state index is 0.114. The van der Waals surface area contributed by atoms with Gasteiger partial charge < -0.3 is 9.30 Å². The van der Waals surface area contributed by atoms with Crippen molar-refractivity contribution in [2.75, 3.05) is 11.1 Å². The van der Waals surface area contributed by atoms with Gasteiger partial charge in [-0.2, -0.15) is 0 Å². The van der Waals surface area contributed by atoms with Gasteiger partial charge in [0.2, 0.25) is 11.0 Å². The molecule has 3 rings (SSSR count). The lowest BCUT2D eigenvalue weighted by Crippen LogP contribution is -2.14. The first kappa shape index (κ1) is 20.5. The molecule has 0 atom stereocenters. The summed E-state index contributed by atoms with van der Waals surface area (Å²) in [7, 11) is 0. The van der Waals surface area contributed by atoms with Crippen molar-refractivity contribution in [3.63, 3.8) is 0 Å². The van der Waals surface area contributed by atoms with E-state index < -0.39 is 5.82 Å². The van der Waals surface area contributed by atoms with Crippen molar-refractivity contribution >= 4 is 45.7 Å². The van der Waals surface area contributed by atoms with Crippen LogP contribution >= 0.6 is 34.7 Å². The largest absolute Gasteiger partial charge is 0.484 e. The molecule has 0 spiro atoms. The van der Waals surface area contributed by atoms with E-state index in [2.05, 4.69) is 25.7 Å². The maximum absolute atomic E-state index is 13.1. The summed E-state index contributed by atoms with van der Waals surface area (Å²) in [6.07, 6.45) is 0. The third kappa shape index (κ3) is 5.18. The Balaban J connectivity index is 1.59. The zero-order valence-electron chi connectivity index (χ0n) is 15.0. The van der Waals surface area contributed by atoms with Gasteiger partial charge in [0.05, 0.1) is 10.8 Å². The third-order valence-corrected chi connectivity index (χ3v) is 5.48. The number of nitrogens with one attached hydrogen (secondary N) is 1. The molecule has 0 bridgehead atoms. The topological polar surface area (TPSA) is 94.8 Å². The van der Waals surface area contributed by atoms with Crippen molar-refractivity contribution in [1.82, 2.24) is 25.0 Å². The molecule has 0 saturated heterocycles. The number of carbonyl (C=O) groups is 1. The number of rotatable bonds is 8. The fourth-order valence-corrected chi connectivity index (χ4v) is 3.87. The molecule has 0 unspecified atom stereocenters. The molecule has 2 heterocycles. The standard InChI is InChI=1S/C16H16ClFN6O2S2/c1-3-24-13(7-26-12-5-4-10(18)6-11(12)17)21-23-16(24)27-8-14(25)19-15-22-20-9(2)28-15/h4-6H,3,7-8H2,1-2H3,(H,19,22,25). The van der Waals surface area contributed by atoms with Crippen molar-refractivity contribution in [3.05, 3.63) is 39.9 Å². The van der Waals surface area contributed by atoms with Crippen molar-refractivity contribution in [2.24, 2.45) is 0 Å². The van der Waals surface area contributed by atoms with E-state index in [1.165, 1.54) is 41.3 Å². The summed E-state index contributed by atoms with van der Waals surface area (Å²) in [6, 6.07) is 3.91. The van der Waals surface area contributed by atoms with Gasteiger partial charge in [0.15, 0.2) is 11.0 Å². The van der Waals surface area contributed by atoms with Gasteiger partial charge in [-0.15, -0.1) is 20.4 Å². The van der Waals surface area contributed by atoms with E-state index >= 15 is 0 Å². The van der Waals surface area contributed by atoms with Crippen LogP contribution in [0.3, 0.4) is 0 Å². The van der Waals surface area contributed by atoms with Crippen molar-refractivity contribution < 1.29 is 13.9 Å². The fourth-order valence-electron chi connectivity index (χ4n) is 2.22. The molecule has 1 amide bonds. The molecule has 2 aromatic heterocycles. The zero-order chi connectivity index (χ0) is 20.1. The van der Waals surface area contributed by atoms with Crippen LogP contribution in [0.1, 0.15) is 17.8 Å². The average molecular weight is 443 g/mol. The number of anilines is 1. The molecule has 0 radical (unpaired) electrons. The first-order chi connectivity index (χ1) is 13.5. The van der Waals surface area contributed by atoms with Crippen LogP contribution in [0, 0.1) is 12.7 Å². The Morgan fingerprint density at radius 2 is 2.18 bits per heavy atom. The molecule has 28 heavy (non-hydrogen) atoms. The lowest BCUT2D eigenvalue weighted by molar-refractivity contribution is -0.113. The number of hydrogen-bond donors (Lipinski definition) is 1. The van der Waals surface area contributed by atoms with E-state index in [1.807, 2.05) is 18.4 Å². The van der Waals surface area contributed by atoms with Crippen LogP contribution in [0.5, 0.6) is 5.75 Å². The summed E-state index contributed by atoms with van der Waals surface area (Å²) < 4.78 is 20.6. The molecule has 0 fully saturated rings. The van der Waals surface area contributed by atoms with Crippen LogP contribution in [-0.2, 0) is 17.9 Å². The number of ether oxygens (including phenoxy) is 1. The predicted octanol–water partition coefficient (Wildman–Crippen LogP) is 3.56. The summed E-state index contributed by atoms with van der Waals surface area (Å²) in [5, 5.41) is 20.6. The lowest BCUT2D eigenvalue weighted by Gasteiger charge is -2.09. The van der Waals surface area contributed by atoms with E-state index in [0.29, 0.717) is 28.4 Å². The number of thioether (sulfide) groups is 1. The number of aromatic nitrogens is 5. The van der Waals surface area contributed by atoms with E-state index in [1.54, 1.807) is 0 Å². The van der Waals surface area contributed by atoms with Crippen LogP contribution in [-0.4, -0.2) is 36.6 Å². The highest BCUT2D eigenvalue weighted by atomic mass is 35.5. The number of hydrogen-bond acceptors (Lipinski definition) is 8. The first-order valence-electron chi connectivity index (χ1n) is 8.19. The zero-order valence-corrected chi connectivity index (χ0v) is 17.4. The molecule has 148 valence electrons. The molecule has 1 N–H and O–H groups in total. The predicted molar refractivity (Wildman–Crippen MR) is 105 cm³/mol. The van der Waals surface area contributed by atoms with Crippen molar-refractivity contribution in [3.8, 4) is 5.75 Å². The van der Waals surface area contributed by atoms with Crippen molar-refractivity contribution in [2.45, 2.75) is 32.2 Å². The molecule has 12 heteroatoms. The highest BCUT2D eigenvalue weighted by Crippen LogP contribution is 2.26. The summed E-state index contributed by atoms with van der Waals surface area (Å²) in [5.41, 5.74) is 0. The van der Waals surface area contributed by atoms with Gasteiger partial charge in [-0.1, -0.05) is 34.7 Å². The minimum Gasteiger partial charge on any atom is -0.484 e. The van der Waals surface area contributed by atoms with E-state index in [-0.39, 0.29) is 23.3 Å². The van der Waals surface area contributed by atoms with Crippen molar-refractivity contribution in [1.29, 1.82) is 0 Å². The Kier molecular flexibility index (Phi) is 6.81. The SMILES string of the molecule is CCn1c(COc2ccc(F)cc2Cl)nnc1SCC(=O)Nc1nnc(C)s1. The van der Waals surface area contributed by atoms with E-state index in [4.69, 9.17) is 16.3 Å². The van der Waals surface area contributed by atoms with Gasteiger partial charge >= 0.3 is 0 Å². The molecular weight excluding hydrogens is 427 g/mol. The molecule has 3 aromatic rings. The van der Waals surface area contributed by atoms with Crippen LogP contribution in [0.15, 0.2) is 23.4 Å². The summed E-state index contributed by atoms with van der Waals surface area (Å²) in [5.74, 6) is 0.444. The maximum atomic E-state index is 13.1. The minimum atomic E-state index is -0.435. The van der Waals surface area contributed by atoms with Gasteiger partial charge in [0, 0.05) is 6.54 Å². The second kappa shape index (κ2) is 9.30. The number of halogens is 2. The van der Waals surface area contributed by atoms with Gasteiger partial charge in [-0.05, 0) is 32.0 Å². The highest BCUT2D eigenvalue weighted by Gasteiger charge is 2.15. The highest BCUT2D eigenvalue weighted by molar-refractivity contribution is 7.99. The van der Waals surface area contributed by atoms with Crippen LogP contribution in [0.25, 0.3) is 0 Å². The second-order valence-corrected chi connectivity index (χ2v) is 8.00. The maximum Gasteiger partial charge on any atom is 0.236 e. The second-order valence-electron chi connectivity index (χ2n) is 5.47. The summed E-state index contributed by atoms with van der Waals surface area (Å²) >= 11 is 8.53. The molecular formula is C16H16ClFN6O2S2. The van der Waals surface area contributed by atoms with E-state index in [0.717, 1.165) is 5.01 Å². The summed E-state index contributed by atoms with van der Waals surface area (Å²) in [6.45, 7) is 4.46. The normalized spacial score (nSPS) is 10.9. The molecule has 0 aliphatic rings. The van der Waals surface area contributed by atoms with Crippen LogP contribution < -0.4 is 10.1 Å². The number of aryl methyl sites for hydroxylation is 1. The average Bonchev–Trinajstić information content (AvgIpc) is 3.24. The molecule has 0 aliphatic heterocycles. The summed E-state index contributed by atoms with van der Waals surface area (Å²) in [4.78, 5) is 12.1. The number of nitrogens with zero attached hydrogens (tertiary/aromatic N) is 5. The number of amides is 1.